The molecule has 216 valence electrons. The van der Waals surface area contributed by atoms with Gasteiger partial charge in [0.2, 0.25) is 0 Å². The Hall–Kier alpha value is -4.11. The number of alkyl halides is 3. The van der Waals surface area contributed by atoms with Gasteiger partial charge in [-0.3, -0.25) is 9.59 Å². The number of nitrogens with two attached hydrogens (primary N) is 1. The molecule has 4 N–H and O–H groups in total. The summed E-state index contributed by atoms with van der Waals surface area (Å²) in [6.45, 7) is -0.246. The molecule has 0 spiro atoms. The third-order valence-electron chi connectivity index (χ3n) is 4.92. The fourth-order valence-corrected chi connectivity index (χ4v) is 3.72. The number of benzene rings is 2. The fraction of sp³-hybridized carbons (Fsp3) is 0.240. The van der Waals surface area contributed by atoms with Gasteiger partial charge in [-0.25, -0.2) is 13.6 Å². The molecule has 40 heavy (non-hydrogen) atoms. The summed E-state index contributed by atoms with van der Waals surface area (Å²) in [6, 6.07) is 12.2. The summed E-state index contributed by atoms with van der Waals surface area (Å²) in [6.07, 6.45) is -3.30. The number of ether oxygens (including phenoxy) is 1. The maximum absolute atomic E-state index is 13.7. The fourth-order valence-electron chi connectivity index (χ4n) is 3.11. The zero-order valence-corrected chi connectivity index (χ0v) is 21.5. The summed E-state index contributed by atoms with van der Waals surface area (Å²) < 4.78 is 70.1. The van der Waals surface area contributed by atoms with Gasteiger partial charge in [0.1, 0.15) is 24.7 Å². The van der Waals surface area contributed by atoms with Crippen molar-refractivity contribution in [2.24, 2.45) is 5.73 Å². The summed E-state index contributed by atoms with van der Waals surface area (Å²) >= 11 is 1.32. The lowest BCUT2D eigenvalue weighted by molar-refractivity contribution is -0.192. The number of aliphatic carboxylic acids is 2. The van der Waals surface area contributed by atoms with Crippen molar-refractivity contribution in [2.45, 2.75) is 17.7 Å². The first-order valence-electron chi connectivity index (χ1n) is 11.1. The monoisotopic (exact) mass is 590 g/mol. The van der Waals surface area contributed by atoms with Gasteiger partial charge in [0.05, 0.1) is 0 Å². The molecule has 1 aromatic heterocycles. The molecule has 1 heterocycles. The van der Waals surface area contributed by atoms with Crippen LogP contribution in [-0.2, 0) is 16.2 Å². The van der Waals surface area contributed by atoms with Crippen molar-refractivity contribution >= 4 is 29.6 Å². The first kappa shape index (κ1) is 32.1. The first-order valence-corrected chi connectivity index (χ1v) is 12.4. The van der Waals surface area contributed by atoms with E-state index in [2.05, 4.69) is 0 Å². The van der Waals surface area contributed by atoms with Gasteiger partial charge in [0.25, 0.3) is 5.91 Å². The number of halogens is 5. The van der Waals surface area contributed by atoms with Crippen LogP contribution in [0.1, 0.15) is 16.3 Å². The number of furan rings is 1. The minimum atomic E-state index is -5.08. The number of hydrogen-bond donors (Lipinski definition) is 3. The van der Waals surface area contributed by atoms with Gasteiger partial charge in [-0.1, -0.05) is 12.1 Å². The lowest BCUT2D eigenvalue weighted by Gasteiger charge is -2.18. The Bertz CT molecular complexity index is 1330. The van der Waals surface area contributed by atoms with E-state index in [0.717, 1.165) is 11.0 Å². The maximum Gasteiger partial charge on any atom is 0.490 e. The highest BCUT2D eigenvalue weighted by atomic mass is 32.2. The van der Waals surface area contributed by atoms with E-state index in [1.807, 2.05) is 0 Å². The zero-order valence-electron chi connectivity index (χ0n) is 20.7. The second-order valence-corrected chi connectivity index (χ2v) is 8.61. The summed E-state index contributed by atoms with van der Waals surface area (Å²) in [7, 11) is 0. The molecular formula is C25H23F5N2O7S. The molecule has 3 aromatic rings. The Labute approximate surface area is 228 Å². The van der Waals surface area contributed by atoms with E-state index in [1.165, 1.54) is 23.9 Å². The number of hydrogen-bond acceptors (Lipinski definition) is 7. The van der Waals surface area contributed by atoms with Crippen LogP contribution in [-0.4, -0.2) is 65.0 Å². The van der Waals surface area contributed by atoms with Gasteiger partial charge < -0.3 is 30.0 Å². The predicted molar refractivity (Wildman–Crippen MR) is 133 cm³/mol. The maximum atomic E-state index is 13.7. The van der Waals surface area contributed by atoms with E-state index >= 15 is 0 Å². The van der Waals surface area contributed by atoms with Crippen molar-refractivity contribution in [1.82, 2.24) is 4.90 Å². The molecule has 15 heteroatoms. The first-order chi connectivity index (χ1) is 18.8. The number of thioether (sulfide) groups is 1. The molecule has 2 aromatic carbocycles. The molecule has 3 rings (SSSR count). The molecule has 0 saturated heterocycles. The molecule has 0 aliphatic rings. The van der Waals surface area contributed by atoms with Crippen molar-refractivity contribution in [3.63, 3.8) is 0 Å². The molecule has 0 unspecified atom stereocenters. The van der Waals surface area contributed by atoms with E-state index in [4.69, 9.17) is 29.9 Å². The molecule has 9 nitrogen and oxygen atoms in total. The third kappa shape index (κ3) is 9.27. The molecule has 0 radical (unpaired) electrons. The Balaban J connectivity index is 0.000000708. The lowest BCUT2D eigenvalue weighted by Crippen LogP contribution is -2.38. The van der Waals surface area contributed by atoms with Crippen LogP contribution in [0.3, 0.4) is 0 Å². The molecule has 0 saturated carbocycles. The second kappa shape index (κ2) is 14.3. The number of rotatable bonds is 10. The molecule has 1 amide bonds. The van der Waals surface area contributed by atoms with Crippen molar-refractivity contribution in [3.8, 4) is 16.9 Å². The normalized spacial score (nSPS) is 10.9. The van der Waals surface area contributed by atoms with Crippen molar-refractivity contribution in [1.29, 1.82) is 0 Å². The average Bonchev–Trinajstić information content (AvgIpc) is 3.37. The SMILES string of the molecule is CSc1cc(F)c(F)cc1-c1ccc(OCc2ccc(C(=O)N(CCN)CC(=O)O)o2)cc1.O=C(O)C(F)(F)F. The summed E-state index contributed by atoms with van der Waals surface area (Å²) in [5.41, 5.74) is 6.72. The van der Waals surface area contributed by atoms with Gasteiger partial charge in [0, 0.05) is 18.0 Å². The third-order valence-corrected chi connectivity index (χ3v) is 5.69. The largest absolute Gasteiger partial charge is 0.490 e. The number of nitrogens with zero attached hydrogens (tertiary/aromatic N) is 1. The van der Waals surface area contributed by atoms with E-state index in [-0.39, 0.29) is 25.5 Å². The number of carboxylic acids is 2. The van der Waals surface area contributed by atoms with Gasteiger partial charge >= 0.3 is 18.1 Å². The van der Waals surface area contributed by atoms with Gasteiger partial charge in [0.15, 0.2) is 17.4 Å². The number of amides is 1. The van der Waals surface area contributed by atoms with Crippen molar-refractivity contribution < 1.29 is 55.7 Å². The van der Waals surface area contributed by atoms with E-state index in [9.17, 15) is 31.5 Å². The highest BCUT2D eigenvalue weighted by Gasteiger charge is 2.38. The highest BCUT2D eigenvalue weighted by Crippen LogP contribution is 2.33. The van der Waals surface area contributed by atoms with Gasteiger partial charge in [-0.05, 0) is 53.8 Å². The van der Waals surface area contributed by atoms with E-state index in [0.29, 0.717) is 27.5 Å². The Kier molecular flexibility index (Phi) is 11.5. The van der Waals surface area contributed by atoms with Crippen LogP contribution < -0.4 is 10.5 Å². The van der Waals surface area contributed by atoms with Crippen LogP contribution in [0, 0.1) is 11.6 Å². The highest BCUT2D eigenvalue weighted by molar-refractivity contribution is 7.98. The number of carboxylic acid groups (broad SMARTS) is 2. The van der Waals surface area contributed by atoms with Crippen LogP contribution >= 0.6 is 11.8 Å². The molecule has 0 fully saturated rings. The molecule has 0 aliphatic carbocycles. The van der Waals surface area contributed by atoms with Crippen LogP contribution in [0.25, 0.3) is 11.1 Å². The van der Waals surface area contributed by atoms with Gasteiger partial charge in [-0.15, -0.1) is 11.8 Å². The topological polar surface area (TPSA) is 143 Å². The Morgan fingerprint density at radius 3 is 2.15 bits per heavy atom. The van der Waals surface area contributed by atoms with E-state index < -0.39 is 42.2 Å². The lowest BCUT2D eigenvalue weighted by atomic mass is 10.1. The van der Waals surface area contributed by atoms with Crippen LogP contribution in [0.5, 0.6) is 5.75 Å². The van der Waals surface area contributed by atoms with Crippen molar-refractivity contribution in [2.75, 3.05) is 25.9 Å². The molecular weight excluding hydrogens is 567 g/mol. The van der Waals surface area contributed by atoms with E-state index in [1.54, 1.807) is 36.6 Å². The summed E-state index contributed by atoms with van der Waals surface area (Å²) in [4.78, 5) is 34.0. The molecule has 0 bridgehead atoms. The number of carbonyl (C=O) groups is 3. The minimum Gasteiger partial charge on any atom is -0.486 e. The smallest absolute Gasteiger partial charge is 0.486 e. The second-order valence-electron chi connectivity index (χ2n) is 7.76. The van der Waals surface area contributed by atoms with Crippen LogP contribution in [0.15, 0.2) is 57.8 Å². The molecule has 0 aliphatic heterocycles. The quantitative estimate of drug-likeness (QED) is 0.227. The summed E-state index contributed by atoms with van der Waals surface area (Å²) in [5.74, 6) is -5.43. The van der Waals surface area contributed by atoms with Gasteiger partial charge in [-0.2, -0.15) is 13.2 Å². The summed E-state index contributed by atoms with van der Waals surface area (Å²) in [5, 5.41) is 16.1. The Morgan fingerprint density at radius 2 is 1.62 bits per heavy atom. The Morgan fingerprint density at radius 1 is 1.02 bits per heavy atom. The number of carbonyl (C=O) groups excluding carboxylic acids is 1. The van der Waals surface area contributed by atoms with Crippen LogP contribution in [0.4, 0.5) is 22.0 Å². The van der Waals surface area contributed by atoms with Crippen molar-refractivity contribution in [3.05, 3.63) is 71.7 Å². The predicted octanol–water partition coefficient (Wildman–Crippen LogP) is 4.64. The van der Waals surface area contributed by atoms with Crippen LogP contribution in [0.2, 0.25) is 0 Å². The standard InChI is InChI=1S/C23H22F2N2O5S.C2HF3O2/c1-33-21-11-19(25)18(24)10-17(21)14-2-4-15(5-3-14)31-13-16-6-7-20(32-16)23(30)27(9-8-26)12-22(28)29;3-2(4,5)1(6)7/h2-7,10-11H,8-9,12-13,26H2,1H3,(H,28,29);(H,6,7). The zero-order chi connectivity index (χ0) is 30.0. The minimum absolute atomic E-state index is 0.0124. The average molecular weight is 591 g/mol. The molecule has 0 atom stereocenters.